The van der Waals surface area contributed by atoms with Gasteiger partial charge in [0, 0.05) is 35.3 Å². The Morgan fingerprint density at radius 2 is 1.70 bits per heavy atom. The van der Waals surface area contributed by atoms with Crippen LogP contribution in [-0.2, 0) is 10.9 Å². The van der Waals surface area contributed by atoms with Gasteiger partial charge in [-0.05, 0) is 36.4 Å². The van der Waals surface area contributed by atoms with E-state index in [1.54, 1.807) is 23.5 Å². The summed E-state index contributed by atoms with van der Waals surface area (Å²) in [5, 5.41) is 5.63. The molecule has 0 atom stereocenters. The van der Waals surface area contributed by atoms with Gasteiger partial charge in [0.15, 0.2) is 5.13 Å². The molecule has 1 aromatic heterocycles. The van der Waals surface area contributed by atoms with E-state index in [2.05, 4.69) is 15.2 Å². The molecular formula is C21H18F3N3O2S. The first kappa shape index (κ1) is 20.4. The molecule has 1 amide bonds. The standard InChI is InChI=1S/C21H18F3N3O2S/c22-21(23,24)16-5-1-15(2-6-16)19(28)25-17-7-3-14(4-8-17)18-13-30-20(26-18)27-9-11-29-12-10-27/h1-8,13H,9-12H2,(H,25,28). The van der Waals surface area contributed by atoms with E-state index in [0.717, 1.165) is 53.7 Å². The van der Waals surface area contributed by atoms with Crippen LogP contribution >= 0.6 is 11.3 Å². The quantitative estimate of drug-likeness (QED) is 0.635. The van der Waals surface area contributed by atoms with Crippen molar-refractivity contribution in [2.75, 3.05) is 36.5 Å². The van der Waals surface area contributed by atoms with Gasteiger partial charge in [-0.1, -0.05) is 12.1 Å². The molecule has 156 valence electrons. The molecule has 0 aliphatic carbocycles. The number of nitrogens with zero attached hydrogens (tertiary/aromatic N) is 2. The maximum atomic E-state index is 12.6. The Morgan fingerprint density at radius 3 is 2.33 bits per heavy atom. The molecule has 0 unspecified atom stereocenters. The average Bonchev–Trinajstić information content (AvgIpc) is 3.25. The number of aromatic nitrogens is 1. The molecule has 5 nitrogen and oxygen atoms in total. The fraction of sp³-hybridized carbons (Fsp3) is 0.238. The number of benzene rings is 2. The van der Waals surface area contributed by atoms with Gasteiger partial charge in [0.1, 0.15) is 0 Å². The van der Waals surface area contributed by atoms with Gasteiger partial charge in [0.05, 0.1) is 24.5 Å². The van der Waals surface area contributed by atoms with E-state index in [4.69, 9.17) is 4.74 Å². The summed E-state index contributed by atoms with van der Waals surface area (Å²) in [6.45, 7) is 3.04. The number of anilines is 2. The van der Waals surface area contributed by atoms with Gasteiger partial charge in [-0.3, -0.25) is 4.79 Å². The lowest BCUT2D eigenvalue weighted by Crippen LogP contribution is -2.36. The number of halogens is 3. The van der Waals surface area contributed by atoms with Crippen molar-refractivity contribution in [3.63, 3.8) is 0 Å². The zero-order valence-electron chi connectivity index (χ0n) is 15.8. The third-order valence-corrected chi connectivity index (χ3v) is 5.59. The molecular weight excluding hydrogens is 415 g/mol. The highest BCUT2D eigenvalue weighted by Gasteiger charge is 2.30. The van der Waals surface area contributed by atoms with E-state index in [9.17, 15) is 18.0 Å². The second-order valence-corrected chi connectivity index (χ2v) is 7.56. The number of rotatable bonds is 4. The first-order chi connectivity index (χ1) is 14.4. The molecule has 4 rings (SSSR count). The summed E-state index contributed by atoms with van der Waals surface area (Å²) in [6.07, 6.45) is -4.43. The second kappa shape index (κ2) is 8.45. The molecule has 0 spiro atoms. The number of thiazole rings is 1. The number of morpholine rings is 1. The van der Waals surface area contributed by atoms with E-state index in [-0.39, 0.29) is 5.56 Å². The number of hydrogen-bond donors (Lipinski definition) is 1. The highest BCUT2D eigenvalue weighted by Crippen LogP contribution is 2.30. The Morgan fingerprint density at radius 1 is 1.03 bits per heavy atom. The number of ether oxygens (including phenoxy) is 1. The lowest BCUT2D eigenvalue weighted by molar-refractivity contribution is -0.137. The SMILES string of the molecule is O=C(Nc1ccc(-c2csc(N3CCOCC3)n2)cc1)c1ccc(C(F)(F)F)cc1. The molecule has 1 fully saturated rings. The molecule has 30 heavy (non-hydrogen) atoms. The number of hydrogen-bond acceptors (Lipinski definition) is 5. The first-order valence-corrected chi connectivity index (χ1v) is 10.2. The monoisotopic (exact) mass is 433 g/mol. The molecule has 2 aromatic carbocycles. The maximum absolute atomic E-state index is 12.6. The van der Waals surface area contributed by atoms with Gasteiger partial charge >= 0.3 is 6.18 Å². The molecule has 2 heterocycles. The minimum Gasteiger partial charge on any atom is -0.378 e. The van der Waals surface area contributed by atoms with E-state index < -0.39 is 17.6 Å². The van der Waals surface area contributed by atoms with Crippen molar-refractivity contribution in [1.82, 2.24) is 4.98 Å². The Labute approximate surface area is 175 Å². The van der Waals surface area contributed by atoms with Crippen molar-refractivity contribution >= 4 is 28.1 Å². The van der Waals surface area contributed by atoms with Crippen molar-refractivity contribution in [3.05, 3.63) is 65.0 Å². The Kier molecular flexibility index (Phi) is 5.74. The fourth-order valence-corrected chi connectivity index (χ4v) is 3.92. The van der Waals surface area contributed by atoms with Crippen molar-refractivity contribution < 1.29 is 22.7 Å². The largest absolute Gasteiger partial charge is 0.416 e. The van der Waals surface area contributed by atoms with Gasteiger partial charge in [-0.25, -0.2) is 4.98 Å². The molecule has 1 aliphatic heterocycles. The van der Waals surface area contributed by atoms with E-state index in [1.807, 2.05) is 17.5 Å². The predicted molar refractivity (Wildman–Crippen MR) is 110 cm³/mol. The van der Waals surface area contributed by atoms with Crippen LogP contribution in [0.5, 0.6) is 0 Å². The molecule has 1 N–H and O–H groups in total. The van der Waals surface area contributed by atoms with Crippen LogP contribution in [0, 0.1) is 0 Å². The summed E-state index contributed by atoms with van der Waals surface area (Å²) in [5.74, 6) is -0.472. The predicted octanol–water partition coefficient (Wildman–Crippen LogP) is 4.92. The molecule has 0 saturated carbocycles. The van der Waals surface area contributed by atoms with E-state index in [1.165, 1.54) is 0 Å². The summed E-state index contributed by atoms with van der Waals surface area (Å²) in [7, 11) is 0. The summed E-state index contributed by atoms with van der Waals surface area (Å²) in [4.78, 5) is 19.2. The summed E-state index contributed by atoms with van der Waals surface area (Å²) in [6, 6.07) is 11.3. The number of carbonyl (C=O) groups is 1. The Bertz CT molecular complexity index is 1010. The smallest absolute Gasteiger partial charge is 0.378 e. The van der Waals surface area contributed by atoms with Crippen LogP contribution in [0.2, 0.25) is 0 Å². The van der Waals surface area contributed by atoms with Crippen LogP contribution in [0.3, 0.4) is 0 Å². The average molecular weight is 433 g/mol. The van der Waals surface area contributed by atoms with Crippen LogP contribution in [-0.4, -0.2) is 37.2 Å². The normalized spacial score (nSPS) is 14.6. The van der Waals surface area contributed by atoms with Crippen LogP contribution in [0.25, 0.3) is 11.3 Å². The Balaban J connectivity index is 1.41. The highest BCUT2D eigenvalue weighted by molar-refractivity contribution is 7.14. The van der Waals surface area contributed by atoms with Gasteiger partial charge in [-0.2, -0.15) is 13.2 Å². The molecule has 3 aromatic rings. The molecule has 1 aliphatic rings. The number of amides is 1. The number of nitrogens with one attached hydrogen (secondary N) is 1. The zero-order chi connectivity index (χ0) is 21.1. The minimum atomic E-state index is -4.43. The van der Waals surface area contributed by atoms with Crippen LogP contribution in [0.15, 0.2) is 53.9 Å². The lowest BCUT2D eigenvalue weighted by atomic mass is 10.1. The van der Waals surface area contributed by atoms with Gasteiger partial charge < -0.3 is 15.0 Å². The minimum absolute atomic E-state index is 0.154. The number of alkyl halides is 3. The van der Waals surface area contributed by atoms with Crippen LogP contribution in [0.4, 0.5) is 24.0 Å². The first-order valence-electron chi connectivity index (χ1n) is 9.27. The highest BCUT2D eigenvalue weighted by atomic mass is 32.1. The van der Waals surface area contributed by atoms with Crippen molar-refractivity contribution in [1.29, 1.82) is 0 Å². The van der Waals surface area contributed by atoms with Crippen molar-refractivity contribution in [2.45, 2.75) is 6.18 Å². The summed E-state index contributed by atoms with van der Waals surface area (Å²) < 4.78 is 43.3. The fourth-order valence-electron chi connectivity index (χ4n) is 3.03. The van der Waals surface area contributed by atoms with Crippen molar-refractivity contribution in [2.24, 2.45) is 0 Å². The van der Waals surface area contributed by atoms with Crippen molar-refractivity contribution in [3.8, 4) is 11.3 Å². The van der Waals surface area contributed by atoms with E-state index >= 15 is 0 Å². The topological polar surface area (TPSA) is 54.5 Å². The third-order valence-electron chi connectivity index (χ3n) is 4.69. The zero-order valence-corrected chi connectivity index (χ0v) is 16.6. The lowest BCUT2D eigenvalue weighted by Gasteiger charge is -2.26. The van der Waals surface area contributed by atoms with Gasteiger partial charge in [0.25, 0.3) is 5.91 Å². The number of carbonyl (C=O) groups excluding carboxylic acids is 1. The van der Waals surface area contributed by atoms with E-state index in [0.29, 0.717) is 18.9 Å². The van der Waals surface area contributed by atoms with Gasteiger partial charge in [0.2, 0.25) is 0 Å². The molecule has 0 radical (unpaired) electrons. The molecule has 1 saturated heterocycles. The molecule has 9 heteroatoms. The second-order valence-electron chi connectivity index (χ2n) is 6.72. The summed E-state index contributed by atoms with van der Waals surface area (Å²) in [5.41, 5.74) is 1.68. The van der Waals surface area contributed by atoms with Crippen LogP contribution in [0.1, 0.15) is 15.9 Å². The van der Waals surface area contributed by atoms with Gasteiger partial charge in [-0.15, -0.1) is 11.3 Å². The summed E-state index contributed by atoms with van der Waals surface area (Å²) >= 11 is 1.58. The molecule has 0 bridgehead atoms. The Hall–Kier alpha value is -2.91. The van der Waals surface area contributed by atoms with Crippen LogP contribution < -0.4 is 10.2 Å². The third kappa shape index (κ3) is 4.63. The maximum Gasteiger partial charge on any atom is 0.416 e.